The molecule has 0 bridgehead atoms. The highest BCUT2D eigenvalue weighted by Crippen LogP contribution is 2.26. The van der Waals surface area contributed by atoms with Crippen molar-refractivity contribution in [2.45, 2.75) is 32.6 Å². The van der Waals surface area contributed by atoms with Crippen LogP contribution in [0.4, 0.5) is 0 Å². The van der Waals surface area contributed by atoms with Gasteiger partial charge < -0.3 is 20.6 Å². The number of hydrogen-bond acceptors (Lipinski definition) is 4. The molecule has 0 heterocycles. The van der Waals surface area contributed by atoms with E-state index in [0.717, 1.165) is 24.8 Å². The summed E-state index contributed by atoms with van der Waals surface area (Å²) >= 11 is 0. The Balaban J connectivity index is 2.35. The van der Waals surface area contributed by atoms with Gasteiger partial charge in [-0.05, 0) is 43.4 Å². The van der Waals surface area contributed by atoms with Crippen LogP contribution in [0.15, 0.2) is 18.2 Å². The van der Waals surface area contributed by atoms with Crippen LogP contribution >= 0.6 is 0 Å². The van der Waals surface area contributed by atoms with Gasteiger partial charge in [0.2, 0.25) is 5.91 Å². The highest BCUT2D eigenvalue weighted by Gasteiger charge is 2.13. The number of aliphatic hydroxyl groups is 1. The normalized spacial score (nSPS) is 12.1. The van der Waals surface area contributed by atoms with Gasteiger partial charge in [0.1, 0.15) is 0 Å². The van der Waals surface area contributed by atoms with Gasteiger partial charge in [0.05, 0.1) is 0 Å². The highest BCUT2D eigenvalue weighted by molar-refractivity contribution is 5.78. The molecule has 1 aromatic rings. The number of carbonyl (C=O) groups is 1. The summed E-state index contributed by atoms with van der Waals surface area (Å²) in [5, 5.41) is 30.1. The number of hydrogen-bond donors (Lipinski definition) is 4. The maximum Gasteiger partial charge on any atom is 0.223 e. The number of benzene rings is 1. The first-order chi connectivity index (χ1) is 9.54. The topological polar surface area (TPSA) is 89.8 Å². The fourth-order valence-corrected chi connectivity index (χ4v) is 1.94. The van der Waals surface area contributed by atoms with E-state index in [-0.39, 0.29) is 29.9 Å². The van der Waals surface area contributed by atoms with Crippen LogP contribution in [-0.4, -0.2) is 34.4 Å². The van der Waals surface area contributed by atoms with E-state index >= 15 is 0 Å². The molecule has 5 heteroatoms. The lowest BCUT2D eigenvalue weighted by molar-refractivity contribution is -0.124. The quantitative estimate of drug-likeness (QED) is 0.430. The highest BCUT2D eigenvalue weighted by atomic mass is 16.3. The van der Waals surface area contributed by atoms with Crippen LogP contribution in [0.25, 0.3) is 0 Å². The summed E-state index contributed by atoms with van der Waals surface area (Å²) in [6.07, 6.45) is 3.03. The number of phenols is 2. The zero-order valence-corrected chi connectivity index (χ0v) is 11.8. The van der Waals surface area contributed by atoms with Crippen LogP contribution in [0.1, 0.15) is 31.7 Å². The minimum Gasteiger partial charge on any atom is -0.504 e. The first-order valence-electron chi connectivity index (χ1n) is 6.94. The minimum absolute atomic E-state index is 0.0263. The second kappa shape index (κ2) is 8.43. The van der Waals surface area contributed by atoms with Crippen LogP contribution in [0.5, 0.6) is 11.5 Å². The molecule has 1 atom stereocenters. The predicted molar refractivity (Wildman–Crippen MR) is 76.6 cm³/mol. The summed E-state index contributed by atoms with van der Waals surface area (Å²) < 4.78 is 0. The third-order valence-corrected chi connectivity index (χ3v) is 3.16. The second-order valence-electron chi connectivity index (χ2n) is 5.00. The van der Waals surface area contributed by atoms with Crippen molar-refractivity contribution >= 4 is 5.91 Å². The molecule has 0 saturated carbocycles. The number of carbonyl (C=O) groups excluding carboxylic acids is 1. The van der Waals surface area contributed by atoms with E-state index in [0.29, 0.717) is 13.0 Å². The lowest BCUT2D eigenvalue weighted by Crippen LogP contribution is -2.31. The van der Waals surface area contributed by atoms with E-state index in [2.05, 4.69) is 5.32 Å². The van der Waals surface area contributed by atoms with Gasteiger partial charge in [-0.3, -0.25) is 4.79 Å². The number of nitrogens with one attached hydrogen (secondary N) is 1. The van der Waals surface area contributed by atoms with E-state index in [1.807, 2.05) is 6.92 Å². The smallest absolute Gasteiger partial charge is 0.223 e. The molecule has 0 aliphatic heterocycles. The number of aromatic hydroxyl groups is 2. The van der Waals surface area contributed by atoms with Gasteiger partial charge in [-0.15, -0.1) is 0 Å². The van der Waals surface area contributed by atoms with Gasteiger partial charge in [-0.2, -0.15) is 0 Å². The lowest BCUT2D eigenvalue weighted by atomic mass is 10.00. The molecule has 0 radical (unpaired) electrons. The first-order valence-corrected chi connectivity index (χ1v) is 6.94. The maximum absolute atomic E-state index is 11.9. The SMILES string of the molecule is CC(Cc1ccc(O)c(O)c1)C(=O)NCCCCCO. The van der Waals surface area contributed by atoms with Gasteiger partial charge in [0.15, 0.2) is 11.5 Å². The van der Waals surface area contributed by atoms with Crippen LogP contribution in [-0.2, 0) is 11.2 Å². The van der Waals surface area contributed by atoms with Crippen molar-refractivity contribution in [2.24, 2.45) is 5.92 Å². The summed E-state index contributed by atoms with van der Waals surface area (Å²) in [5.74, 6) is -0.549. The van der Waals surface area contributed by atoms with Gasteiger partial charge in [0.25, 0.3) is 0 Å². The molecule has 0 aliphatic rings. The molecule has 1 amide bonds. The molecule has 0 spiro atoms. The van der Waals surface area contributed by atoms with Crippen molar-refractivity contribution in [2.75, 3.05) is 13.2 Å². The van der Waals surface area contributed by atoms with Gasteiger partial charge in [-0.25, -0.2) is 0 Å². The van der Waals surface area contributed by atoms with E-state index in [1.165, 1.54) is 12.1 Å². The molecule has 20 heavy (non-hydrogen) atoms. The van der Waals surface area contributed by atoms with Crippen molar-refractivity contribution in [3.8, 4) is 11.5 Å². The van der Waals surface area contributed by atoms with Crippen LogP contribution in [0, 0.1) is 5.92 Å². The fraction of sp³-hybridized carbons (Fsp3) is 0.533. The Kier molecular flexibility index (Phi) is 6.87. The third kappa shape index (κ3) is 5.48. The van der Waals surface area contributed by atoms with Crippen LogP contribution < -0.4 is 5.32 Å². The Morgan fingerprint density at radius 3 is 2.60 bits per heavy atom. The Labute approximate surface area is 119 Å². The minimum atomic E-state index is -0.197. The van der Waals surface area contributed by atoms with E-state index in [1.54, 1.807) is 6.07 Å². The summed E-state index contributed by atoms with van der Waals surface area (Å²) in [6, 6.07) is 4.59. The molecule has 1 unspecified atom stereocenters. The summed E-state index contributed by atoms with van der Waals surface area (Å²) in [4.78, 5) is 11.9. The zero-order valence-electron chi connectivity index (χ0n) is 11.8. The number of unbranched alkanes of at least 4 members (excludes halogenated alkanes) is 2. The van der Waals surface area contributed by atoms with Crippen molar-refractivity contribution in [1.29, 1.82) is 0 Å². The summed E-state index contributed by atoms with van der Waals surface area (Å²) in [7, 11) is 0. The predicted octanol–water partition coefficient (Wildman–Crippen LogP) is 1.56. The first kappa shape index (κ1) is 16.3. The Hall–Kier alpha value is -1.75. The molecule has 1 rings (SSSR count). The molecule has 0 aliphatic carbocycles. The molecule has 0 aromatic heterocycles. The Bertz CT molecular complexity index is 434. The molecule has 112 valence electrons. The third-order valence-electron chi connectivity index (χ3n) is 3.16. The molecule has 1 aromatic carbocycles. The van der Waals surface area contributed by atoms with Crippen molar-refractivity contribution in [1.82, 2.24) is 5.32 Å². The van der Waals surface area contributed by atoms with Gasteiger partial charge >= 0.3 is 0 Å². The molecular formula is C15H23NO4. The average molecular weight is 281 g/mol. The van der Waals surface area contributed by atoms with Gasteiger partial charge in [-0.1, -0.05) is 13.0 Å². The van der Waals surface area contributed by atoms with Crippen molar-refractivity contribution < 1.29 is 20.1 Å². The average Bonchev–Trinajstić information content (AvgIpc) is 2.42. The largest absolute Gasteiger partial charge is 0.504 e. The molecule has 0 fully saturated rings. The van der Waals surface area contributed by atoms with Crippen LogP contribution in [0.3, 0.4) is 0 Å². The molecule has 0 saturated heterocycles. The standard InChI is InChI=1S/C15H23NO4/c1-11(15(20)16-7-3-2-4-8-17)9-12-5-6-13(18)14(19)10-12/h5-6,10-11,17-19H,2-4,7-9H2,1H3,(H,16,20). The monoisotopic (exact) mass is 281 g/mol. The number of rotatable bonds is 8. The maximum atomic E-state index is 11.9. The lowest BCUT2D eigenvalue weighted by Gasteiger charge is -2.12. The Morgan fingerprint density at radius 1 is 1.20 bits per heavy atom. The fourth-order valence-electron chi connectivity index (χ4n) is 1.94. The van der Waals surface area contributed by atoms with Crippen LogP contribution in [0.2, 0.25) is 0 Å². The van der Waals surface area contributed by atoms with E-state index in [4.69, 9.17) is 5.11 Å². The molecule has 4 N–H and O–H groups in total. The zero-order chi connectivity index (χ0) is 15.0. The van der Waals surface area contributed by atoms with E-state index < -0.39 is 0 Å². The van der Waals surface area contributed by atoms with Gasteiger partial charge in [0, 0.05) is 19.1 Å². The number of aliphatic hydroxyl groups excluding tert-OH is 1. The summed E-state index contributed by atoms with van der Waals surface area (Å²) in [5.41, 5.74) is 0.809. The molecule has 5 nitrogen and oxygen atoms in total. The van der Waals surface area contributed by atoms with E-state index in [9.17, 15) is 15.0 Å². The number of phenolic OH excluding ortho intramolecular Hbond substituents is 2. The Morgan fingerprint density at radius 2 is 1.95 bits per heavy atom. The van der Waals surface area contributed by atoms with Crippen molar-refractivity contribution in [3.63, 3.8) is 0 Å². The number of amides is 1. The summed E-state index contributed by atoms with van der Waals surface area (Å²) in [6.45, 7) is 2.63. The molecular weight excluding hydrogens is 258 g/mol. The van der Waals surface area contributed by atoms with Crippen molar-refractivity contribution in [3.05, 3.63) is 23.8 Å². The second-order valence-corrected chi connectivity index (χ2v) is 5.00.